The summed E-state index contributed by atoms with van der Waals surface area (Å²) in [6.07, 6.45) is 1.79. The summed E-state index contributed by atoms with van der Waals surface area (Å²) in [4.78, 5) is 15.1. The maximum Gasteiger partial charge on any atom is 0.266 e. The van der Waals surface area contributed by atoms with E-state index in [2.05, 4.69) is 0 Å². The lowest BCUT2D eigenvalue weighted by Gasteiger charge is -2.14. The first-order valence-electron chi connectivity index (χ1n) is 9.97. The lowest BCUT2D eigenvalue weighted by molar-refractivity contribution is -0.122. The van der Waals surface area contributed by atoms with Crippen LogP contribution in [0, 0.1) is 6.92 Å². The maximum atomic E-state index is 12.9. The normalized spacial score (nSPS) is 14.9. The molecule has 3 aromatic rings. The van der Waals surface area contributed by atoms with E-state index in [0.717, 1.165) is 16.7 Å². The number of aryl methyl sites for hydroxylation is 1. The van der Waals surface area contributed by atoms with Crippen LogP contribution in [0.3, 0.4) is 0 Å². The maximum absolute atomic E-state index is 12.9. The van der Waals surface area contributed by atoms with E-state index in [0.29, 0.717) is 36.6 Å². The second-order valence-corrected chi connectivity index (χ2v) is 10.4. The minimum Gasteiger partial charge on any atom is -0.487 e. The van der Waals surface area contributed by atoms with Crippen molar-refractivity contribution in [2.45, 2.75) is 20.1 Å². The smallest absolute Gasteiger partial charge is 0.266 e. The van der Waals surface area contributed by atoms with E-state index in [1.165, 1.54) is 17.3 Å². The molecular formula is C25H18Cl3NO2S2. The van der Waals surface area contributed by atoms with Crippen LogP contribution in [0.25, 0.3) is 6.08 Å². The summed E-state index contributed by atoms with van der Waals surface area (Å²) < 4.78 is 6.36. The molecule has 0 N–H and O–H groups in total. The Labute approximate surface area is 217 Å². The van der Waals surface area contributed by atoms with E-state index in [4.69, 9.17) is 51.8 Å². The van der Waals surface area contributed by atoms with E-state index in [-0.39, 0.29) is 12.5 Å². The molecule has 0 unspecified atom stereocenters. The van der Waals surface area contributed by atoms with Gasteiger partial charge in [0.15, 0.2) is 0 Å². The molecule has 0 radical (unpaired) electrons. The van der Waals surface area contributed by atoms with Gasteiger partial charge in [0.05, 0.1) is 16.5 Å². The van der Waals surface area contributed by atoms with Gasteiger partial charge in [0.25, 0.3) is 5.91 Å². The molecule has 0 atom stereocenters. The zero-order valence-electron chi connectivity index (χ0n) is 17.5. The number of nitrogens with zero attached hydrogens (tertiary/aromatic N) is 1. The summed E-state index contributed by atoms with van der Waals surface area (Å²) in [6.45, 7) is 2.73. The number of thiocarbonyl (C=S) groups is 1. The predicted octanol–water partition coefficient (Wildman–Crippen LogP) is 7.94. The first-order chi connectivity index (χ1) is 15.8. The monoisotopic (exact) mass is 533 g/mol. The van der Waals surface area contributed by atoms with Crippen LogP contribution in [-0.2, 0) is 17.9 Å². The number of ether oxygens (including phenoxy) is 1. The number of benzene rings is 3. The lowest BCUT2D eigenvalue weighted by atomic mass is 10.1. The largest absolute Gasteiger partial charge is 0.487 e. The molecule has 3 aromatic carbocycles. The molecule has 4 rings (SSSR count). The van der Waals surface area contributed by atoms with Crippen molar-refractivity contribution in [3.63, 3.8) is 0 Å². The van der Waals surface area contributed by atoms with Crippen molar-refractivity contribution in [1.29, 1.82) is 0 Å². The quantitative estimate of drug-likeness (QED) is 0.237. The Morgan fingerprint density at radius 3 is 2.45 bits per heavy atom. The number of halogens is 3. The Balaban J connectivity index is 1.45. The second kappa shape index (κ2) is 10.5. The lowest BCUT2D eigenvalue weighted by Crippen LogP contribution is -2.27. The van der Waals surface area contributed by atoms with Crippen molar-refractivity contribution < 1.29 is 9.53 Å². The summed E-state index contributed by atoms with van der Waals surface area (Å²) in [7, 11) is 0. The van der Waals surface area contributed by atoms with Gasteiger partial charge in [-0.05, 0) is 48.4 Å². The van der Waals surface area contributed by atoms with Gasteiger partial charge in [0.2, 0.25) is 0 Å². The molecule has 168 valence electrons. The highest BCUT2D eigenvalue weighted by atomic mass is 35.5. The molecule has 0 aliphatic carbocycles. The molecule has 3 nitrogen and oxygen atoms in total. The van der Waals surface area contributed by atoms with Crippen molar-refractivity contribution in [3.05, 3.63) is 103 Å². The number of hydrogen-bond donors (Lipinski definition) is 0. The minimum atomic E-state index is -0.112. The van der Waals surface area contributed by atoms with Crippen LogP contribution < -0.4 is 4.74 Å². The molecule has 1 amide bonds. The molecule has 0 spiro atoms. The van der Waals surface area contributed by atoms with Gasteiger partial charge in [-0.2, -0.15) is 0 Å². The van der Waals surface area contributed by atoms with Crippen LogP contribution in [0.1, 0.15) is 22.3 Å². The molecule has 1 heterocycles. The average molecular weight is 535 g/mol. The van der Waals surface area contributed by atoms with Gasteiger partial charge in [-0.1, -0.05) is 101 Å². The third-order valence-corrected chi connectivity index (χ3v) is 7.25. The van der Waals surface area contributed by atoms with Crippen LogP contribution in [0.4, 0.5) is 0 Å². The standard InChI is InChI=1S/C25H18Cl3NO2S2/c1-15-2-4-16(5-3-15)13-29-24(30)23(33-25(29)32)11-17-6-9-22(21(28)10-17)31-14-18-7-8-19(26)12-20(18)27/h2-12H,13-14H2,1H3. The van der Waals surface area contributed by atoms with Crippen LogP contribution in [-0.4, -0.2) is 15.1 Å². The number of carbonyl (C=O) groups is 1. The first-order valence-corrected chi connectivity index (χ1v) is 12.3. The summed E-state index contributed by atoms with van der Waals surface area (Å²) in [5, 5.41) is 1.53. The zero-order chi connectivity index (χ0) is 23.5. The predicted molar refractivity (Wildman–Crippen MR) is 142 cm³/mol. The summed E-state index contributed by atoms with van der Waals surface area (Å²) >= 11 is 25.3. The third kappa shape index (κ3) is 5.92. The Morgan fingerprint density at radius 2 is 1.76 bits per heavy atom. The molecular weight excluding hydrogens is 517 g/mol. The van der Waals surface area contributed by atoms with Gasteiger partial charge >= 0.3 is 0 Å². The van der Waals surface area contributed by atoms with Gasteiger partial charge in [0, 0.05) is 15.6 Å². The minimum absolute atomic E-state index is 0.112. The zero-order valence-corrected chi connectivity index (χ0v) is 21.4. The Bertz CT molecular complexity index is 1260. The van der Waals surface area contributed by atoms with Crippen molar-refractivity contribution in [3.8, 4) is 5.75 Å². The average Bonchev–Trinajstić information content (AvgIpc) is 3.03. The Hall–Kier alpha value is -2.02. The van der Waals surface area contributed by atoms with E-state index in [1.54, 1.807) is 35.2 Å². The van der Waals surface area contributed by atoms with Crippen molar-refractivity contribution in [2.24, 2.45) is 0 Å². The highest BCUT2D eigenvalue weighted by molar-refractivity contribution is 8.26. The first kappa shape index (κ1) is 24.1. The molecule has 1 saturated heterocycles. The van der Waals surface area contributed by atoms with Crippen molar-refractivity contribution in [2.75, 3.05) is 0 Å². The van der Waals surface area contributed by atoms with Gasteiger partial charge in [-0.3, -0.25) is 9.69 Å². The fraction of sp³-hybridized carbons (Fsp3) is 0.120. The van der Waals surface area contributed by atoms with Crippen LogP contribution >= 0.6 is 58.8 Å². The van der Waals surface area contributed by atoms with Crippen LogP contribution in [0.15, 0.2) is 65.6 Å². The third-order valence-electron chi connectivity index (χ3n) is 4.99. The number of hydrogen-bond acceptors (Lipinski definition) is 4. The molecule has 0 aromatic heterocycles. The van der Waals surface area contributed by atoms with Crippen molar-refractivity contribution >= 4 is 75.1 Å². The Morgan fingerprint density at radius 1 is 1.00 bits per heavy atom. The molecule has 33 heavy (non-hydrogen) atoms. The SMILES string of the molecule is Cc1ccc(CN2C(=O)C(=Cc3ccc(OCc4ccc(Cl)cc4Cl)c(Cl)c3)SC2=S)cc1. The highest BCUT2D eigenvalue weighted by Crippen LogP contribution is 2.35. The van der Waals surface area contributed by atoms with E-state index in [9.17, 15) is 4.79 Å². The van der Waals surface area contributed by atoms with Gasteiger partial charge in [0.1, 0.15) is 16.7 Å². The van der Waals surface area contributed by atoms with E-state index in [1.807, 2.05) is 43.3 Å². The molecule has 1 aliphatic rings. The molecule has 0 bridgehead atoms. The summed E-state index contributed by atoms with van der Waals surface area (Å²) in [6, 6.07) is 18.7. The molecule has 1 fully saturated rings. The highest BCUT2D eigenvalue weighted by Gasteiger charge is 2.32. The molecule has 0 saturated carbocycles. The van der Waals surface area contributed by atoms with Crippen LogP contribution in [0.2, 0.25) is 15.1 Å². The fourth-order valence-corrected chi connectivity index (χ4v) is 5.14. The fourth-order valence-electron chi connectivity index (χ4n) is 3.18. The van der Waals surface area contributed by atoms with Gasteiger partial charge < -0.3 is 4.74 Å². The number of thioether (sulfide) groups is 1. The molecule has 1 aliphatic heterocycles. The van der Waals surface area contributed by atoms with Crippen LogP contribution in [0.5, 0.6) is 5.75 Å². The van der Waals surface area contributed by atoms with E-state index >= 15 is 0 Å². The van der Waals surface area contributed by atoms with Gasteiger partial charge in [-0.15, -0.1) is 0 Å². The summed E-state index contributed by atoms with van der Waals surface area (Å²) in [5.74, 6) is 0.408. The number of carbonyl (C=O) groups excluding carboxylic acids is 1. The van der Waals surface area contributed by atoms with Gasteiger partial charge in [-0.25, -0.2) is 0 Å². The van der Waals surface area contributed by atoms with Crippen molar-refractivity contribution in [1.82, 2.24) is 4.90 Å². The number of rotatable bonds is 6. The summed E-state index contributed by atoms with van der Waals surface area (Å²) in [5.41, 5.74) is 3.79. The number of amides is 1. The second-order valence-electron chi connectivity index (χ2n) is 7.47. The molecule has 8 heteroatoms. The Kier molecular flexibility index (Phi) is 7.67. The topological polar surface area (TPSA) is 29.5 Å². The van der Waals surface area contributed by atoms with E-state index < -0.39 is 0 Å².